The highest BCUT2D eigenvalue weighted by atomic mass is 16.3. The number of hydrogen-bond donors (Lipinski definition) is 3. The van der Waals surface area contributed by atoms with Gasteiger partial charge in [0.05, 0.1) is 6.10 Å². The van der Waals surface area contributed by atoms with Gasteiger partial charge in [0.15, 0.2) is 0 Å². The molecule has 0 fully saturated rings. The number of urea groups is 1. The third-order valence-corrected chi connectivity index (χ3v) is 3.03. The highest BCUT2D eigenvalue weighted by molar-refractivity contribution is 5.74. The summed E-state index contributed by atoms with van der Waals surface area (Å²) < 4.78 is 0. The van der Waals surface area contributed by atoms with Crippen molar-refractivity contribution in [2.24, 2.45) is 0 Å². The van der Waals surface area contributed by atoms with Crippen LogP contribution in [0.2, 0.25) is 0 Å². The molecule has 2 amide bonds. The highest BCUT2D eigenvalue weighted by Crippen LogP contribution is 2.33. The van der Waals surface area contributed by atoms with E-state index in [-0.39, 0.29) is 12.6 Å². The Balaban J connectivity index is 1.72. The molecular weight excluding hydrogens is 216 g/mol. The molecule has 0 saturated heterocycles. The highest BCUT2D eigenvalue weighted by Gasteiger charge is 2.25. The van der Waals surface area contributed by atoms with Crippen molar-refractivity contribution in [1.82, 2.24) is 10.6 Å². The molecule has 0 aromatic heterocycles. The number of rotatable bonds is 4. The quantitative estimate of drug-likeness (QED) is 0.728. The first-order valence-electron chi connectivity index (χ1n) is 5.94. The molecule has 0 bridgehead atoms. The smallest absolute Gasteiger partial charge is 0.314 e. The Kier molecular flexibility index (Phi) is 3.64. The van der Waals surface area contributed by atoms with Crippen LogP contribution in [0.4, 0.5) is 4.79 Å². The van der Waals surface area contributed by atoms with Crippen molar-refractivity contribution >= 4 is 6.03 Å². The molecule has 0 radical (unpaired) electrons. The van der Waals surface area contributed by atoms with Gasteiger partial charge in [0.25, 0.3) is 0 Å². The molecule has 4 nitrogen and oxygen atoms in total. The minimum atomic E-state index is -0.509. The predicted octanol–water partition coefficient (Wildman–Crippen LogP) is 1.01. The second-order valence-electron chi connectivity index (χ2n) is 4.54. The molecule has 0 saturated carbocycles. The molecule has 0 spiro atoms. The van der Waals surface area contributed by atoms with E-state index in [1.165, 1.54) is 11.1 Å². The molecule has 4 heteroatoms. The summed E-state index contributed by atoms with van der Waals surface area (Å²) >= 11 is 0. The summed E-state index contributed by atoms with van der Waals surface area (Å²) in [6.07, 6.45) is 0.525. The van der Waals surface area contributed by atoms with Crippen LogP contribution in [0.25, 0.3) is 0 Å². The van der Waals surface area contributed by atoms with Gasteiger partial charge < -0.3 is 15.7 Å². The fourth-order valence-electron chi connectivity index (χ4n) is 2.06. The van der Waals surface area contributed by atoms with E-state index in [1.54, 1.807) is 6.92 Å². The lowest BCUT2D eigenvalue weighted by atomic mass is 9.78. The van der Waals surface area contributed by atoms with E-state index in [1.807, 2.05) is 12.1 Å². The predicted molar refractivity (Wildman–Crippen MR) is 66.0 cm³/mol. The third-order valence-electron chi connectivity index (χ3n) is 3.03. The Hall–Kier alpha value is -1.55. The molecule has 92 valence electrons. The number of amides is 2. The van der Waals surface area contributed by atoms with E-state index in [0.717, 1.165) is 6.42 Å². The number of hydrogen-bond acceptors (Lipinski definition) is 2. The molecule has 2 rings (SSSR count). The van der Waals surface area contributed by atoms with Gasteiger partial charge in [-0.1, -0.05) is 24.3 Å². The van der Waals surface area contributed by atoms with Gasteiger partial charge in [-0.3, -0.25) is 0 Å². The van der Waals surface area contributed by atoms with Crippen LogP contribution in [-0.2, 0) is 6.42 Å². The Morgan fingerprint density at radius 3 is 2.94 bits per heavy atom. The van der Waals surface area contributed by atoms with Crippen LogP contribution in [-0.4, -0.2) is 30.3 Å². The minimum absolute atomic E-state index is 0.213. The first-order valence-corrected chi connectivity index (χ1v) is 5.94. The first-order chi connectivity index (χ1) is 8.16. The average molecular weight is 234 g/mol. The molecular formula is C13H18N2O2. The van der Waals surface area contributed by atoms with E-state index in [4.69, 9.17) is 5.11 Å². The maximum atomic E-state index is 11.4. The van der Waals surface area contributed by atoms with E-state index in [2.05, 4.69) is 22.8 Å². The van der Waals surface area contributed by atoms with Crippen LogP contribution in [0.5, 0.6) is 0 Å². The van der Waals surface area contributed by atoms with Crippen molar-refractivity contribution in [3.8, 4) is 0 Å². The second kappa shape index (κ2) is 5.19. The summed E-state index contributed by atoms with van der Waals surface area (Å²) in [4.78, 5) is 11.4. The summed E-state index contributed by atoms with van der Waals surface area (Å²) in [5, 5.41) is 14.5. The van der Waals surface area contributed by atoms with E-state index in [9.17, 15) is 4.79 Å². The fraction of sp³-hybridized carbons (Fsp3) is 0.462. The normalized spacial score (nSPS) is 18.8. The van der Waals surface area contributed by atoms with Crippen molar-refractivity contribution in [3.63, 3.8) is 0 Å². The zero-order valence-electron chi connectivity index (χ0n) is 9.94. The fourth-order valence-corrected chi connectivity index (χ4v) is 2.06. The minimum Gasteiger partial charge on any atom is -0.392 e. The van der Waals surface area contributed by atoms with Crippen molar-refractivity contribution in [3.05, 3.63) is 35.4 Å². The number of carbonyl (C=O) groups is 1. The van der Waals surface area contributed by atoms with Gasteiger partial charge >= 0.3 is 6.03 Å². The standard InChI is InChI=1S/C13H18N2O2/c1-9(16)7-14-13(17)15-8-11-6-10-4-2-3-5-12(10)11/h2-5,9,11,16H,6-8H2,1H3,(H2,14,15,17)/t9-,11?/m1/s1. The summed E-state index contributed by atoms with van der Waals surface area (Å²) in [5.74, 6) is 0.434. The van der Waals surface area contributed by atoms with Gasteiger partial charge in [-0.2, -0.15) is 0 Å². The Morgan fingerprint density at radius 2 is 2.24 bits per heavy atom. The number of nitrogens with one attached hydrogen (secondary N) is 2. The van der Waals surface area contributed by atoms with Crippen molar-refractivity contribution in [2.75, 3.05) is 13.1 Å². The monoisotopic (exact) mass is 234 g/mol. The number of benzene rings is 1. The molecule has 1 aliphatic rings. The second-order valence-corrected chi connectivity index (χ2v) is 4.54. The largest absolute Gasteiger partial charge is 0.392 e. The van der Waals surface area contributed by atoms with Crippen molar-refractivity contribution < 1.29 is 9.90 Å². The number of aliphatic hydroxyl groups excluding tert-OH is 1. The average Bonchev–Trinajstić information content (AvgIpc) is 2.27. The summed E-state index contributed by atoms with van der Waals surface area (Å²) in [7, 11) is 0. The van der Waals surface area contributed by atoms with Crippen LogP contribution in [0.1, 0.15) is 24.0 Å². The first kappa shape index (κ1) is 11.9. The van der Waals surface area contributed by atoms with Gasteiger partial charge in [0.1, 0.15) is 0 Å². The Bertz CT molecular complexity index is 404. The molecule has 1 unspecified atom stereocenters. The topological polar surface area (TPSA) is 61.4 Å². The molecule has 1 aromatic carbocycles. The molecule has 2 atom stereocenters. The molecule has 0 heterocycles. The summed E-state index contributed by atoms with van der Waals surface area (Å²) in [6, 6.07) is 8.09. The van der Waals surface area contributed by atoms with Gasteiger partial charge in [-0.05, 0) is 24.5 Å². The van der Waals surface area contributed by atoms with Crippen LogP contribution in [0, 0.1) is 0 Å². The summed E-state index contributed by atoms with van der Waals surface area (Å²) in [5.41, 5.74) is 2.71. The Labute approximate surface area is 101 Å². The maximum Gasteiger partial charge on any atom is 0.314 e. The van der Waals surface area contributed by atoms with Gasteiger partial charge in [-0.15, -0.1) is 0 Å². The van der Waals surface area contributed by atoms with Gasteiger partial charge in [0.2, 0.25) is 0 Å². The number of aliphatic hydroxyl groups is 1. The van der Waals surface area contributed by atoms with E-state index >= 15 is 0 Å². The lowest BCUT2D eigenvalue weighted by Crippen LogP contribution is -2.42. The zero-order chi connectivity index (χ0) is 12.3. The lowest BCUT2D eigenvalue weighted by Gasteiger charge is -2.30. The van der Waals surface area contributed by atoms with Crippen LogP contribution in [0.3, 0.4) is 0 Å². The van der Waals surface area contributed by atoms with Crippen LogP contribution >= 0.6 is 0 Å². The van der Waals surface area contributed by atoms with Gasteiger partial charge in [-0.25, -0.2) is 4.79 Å². The van der Waals surface area contributed by atoms with E-state index < -0.39 is 6.10 Å². The molecule has 0 aliphatic heterocycles. The van der Waals surface area contributed by atoms with Crippen molar-refractivity contribution in [2.45, 2.75) is 25.4 Å². The van der Waals surface area contributed by atoms with Gasteiger partial charge in [0, 0.05) is 19.0 Å². The van der Waals surface area contributed by atoms with E-state index in [0.29, 0.717) is 12.5 Å². The number of carbonyl (C=O) groups excluding carboxylic acids is 1. The molecule has 1 aromatic rings. The SMILES string of the molecule is C[C@@H](O)CNC(=O)NCC1Cc2ccccc21. The zero-order valence-corrected chi connectivity index (χ0v) is 9.94. The van der Waals surface area contributed by atoms with Crippen LogP contribution < -0.4 is 10.6 Å². The number of fused-ring (bicyclic) bond motifs is 1. The molecule has 3 N–H and O–H groups in total. The Morgan fingerprint density at radius 1 is 1.47 bits per heavy atom. The lowest BCUT2D eigenvalue weighted by molar-refractivity contribution is 0.187. The molecule has 1 aliphatic carbocycles. The van der Waals surface area contributed by atoms with Crippen molar-refractivity contribution in [1.29, 1.82) is 0 Å². The third kappa shape index (κ3) is 2.97. The molecule has 17 heavy (non-hydrogen) atoms. The van der Waals surface area contributed by atoms with Crippen LogP contribution in [0.15, 0.2) is 24.3 Å². The summed E-state index contributed by atoms with van der Waals surface area (Å²) in [6.45, 7) is 2.58. The maximum absolute atomic E-state index is 11.4.